The van der Waals surface area contributed by atoms with Gasteiger partial charge in [-0.1, -0.05) is 121 Å². The number of rotatable bonds is 12. The summed E-state index contributed by atoms with van der Waals surface area (Å²) in [6, 6.07) is 40.4. The van der Waals surface area contributed by atoms with E-state index in [9.17, 15) is 4.39 Å². The molecule has 0 aliphatic rings. The third kappa shape index (κ3) is 9.27. The Labute approximate surface area is 323 Å². The SMILES string of the molecule is C=C/C(=C\C)c1cc(C(C)C)c(-n2cc[n+](C)c2-c2ccccc2)c(C(C)C)c1.CC(C)CN(c1ccccc1)c1ccccc1Nc1ccccc1F. The topological polar surface area (TPSA) is 24.1 Å². The molecule has 0 amide bonds. The molecule has 6 rings (SSSR count). The van der Waals surface area contributed by atoms with Crippen LogP contribution in [-0.4, -0.2) is 11.1 Å². The average Bonchev–Trinajstić information content (AvgIpc) is 3.56. The van der Waals surface area contributed by atoms with Gasteiger partial charge in [0, 0.05) is 23.4 Å². The number of hydrogen-bond acceptors (Lipinski definition) is 2. The lowest BCUT2D eigenvalue weighted by Gasteiger charge is -2.29. The molecule has 5 aromatic carbocycles. The molecular formula is C49H56FN4+. The fourth-order valence-electron chi connectivity index (χ4n) is 6.83. The summed E-state index contributed by atoms with van der Waals surface area (Å²) in [4.78, 5) is 2.27. The van der Waals surface area contributed by atoms with Crippen molar-refractivity contribution in [1.29, 1.82) is 0 Å². The van der Waals surface area contributed by atoms with E-state index in [4.69, 9.17) is 0 Å². The van der Waals surface area contributed by atoms with E-state index in [1.807, 2.05) is 48.5 Å². The van der Waals surface area contributed by atoms with Crippen LogP contribution in [0.1, 0.15) is 77.0 Å². The fraction of sp³-hybridized carbons (Fsp3) is 0.245. The van der Waals surface area contributed by atoms with Gasteiger partial charge in [0.15, 0.2) is 0 Å². The van der Waals surface area contributed by atoms with Gasteiger partial charge in [-0.25, -0.2) is 8.96 Å². The molecule has 0 spiro atoms. The van der Waals surface area contributed by atoms with Gasteiger partial charge in [0.1, 0.15) is 23.9 Å². The highest BCUT2D eigenvalue weighted by Crippen LogP contribution is 2.37. The molecule has 0 aliphatic heterocycles. The third-order valence-electron chi connectivity index (χ3n) is 9.51. The second-order valence-electron chi connectivity index (χ2n) is 14.7. The van der Waals surface area contributed by atoms with Crippen LogP contribution in [0, 0.1) is 11.7 Å². The molecule has 0 bridgehead atoms. The number of nitrogens with zero attached hydrogens (tertiary/aromatic N) is 3. The Balaban J connectivity index is 0.000000210. The standard InChI is InChI=1S/C27H33N2.C22H23FN2/c1-8-21(9-2)23-17-24(19(3)4)26(25(18-23)20(5)6)29-16-15-28(7)27(29)22-13-11-10-12-14-22;1-17(2)16-25(18-10-4-3-5-11-18)22-15-9-8-14-21(22)24-20-13-7-6-12-19(20)23/h8-20H,1H2,2-7H3;3-15,17,24H,16H2,1-2H3/q+1;/b21-9+;. The predicted octanol–water partition coefficient (Wildman–Crippen LogP) is 13.2. The van der Waals surface area contributed by atoms with Gasteiger partial charge in [0.25, 0.3) is 5.82 Å². The van der Waals surface area contributed by atoms with Crippen molar-refractivity contribution in [1.82, 2.24) is 4.57 Å². The minimum absolute atomic E-state index is 0.257. The Kier molecular flexibility index (Phi) is 13.5. The largest absolute Gasteiger partial charge is 0.351 e. The van der Waals surface area contributed by atoms with Crippen molar-refractivity contribution in [2.45, 2.75) is 60.3 Å². The summed E-state index contributed by atoms with van der Waals surface area (Å²) in [5, 5.41) is 3.25. The molecule has 0 unspecified atom stereocenters. The van der Waals surface area contributed by atoms with E-state index in [1.165, 1.54) is 45.4 Å². The van der Waals surface area contributed by atoms with E-state index in [-0.39, 0.29) is 5.82 Å². The molecule has 1 N–H and O–H groups in total. The minimum atomic E-state index is -0.257. The molecule has 0 radical (unpaired) electrons. The Hall–Kier alpha value is -5.68. The van der Waals surface area contributed by atoms with E-state index in [1.54, 1.807) is 12.1 Å². The van der Waals surface area contributed by atoms with Crippen LogP contribution in [0.5, 0.6) is 0 Å². The highest BCUT2D eigenvalue weighted by atomic mass is 19.1. The number of anilines is 4. The Bertz CT molecular complexity index is 2130. The molecule has 4 nitrogen and oxygen atoms in total. The maximum Gasteiger partial charge on any atom is 0.293 e. The third-order valence-corrected chi connectivity index (χ3v) is 9.51. The van der Waals surface area contributed by atoms with Gasteiger partial charge in [0.2, 0.25) is 0 Å². The quantitative estimate of drug-likeness (QED) is 0.101. The highest BCUT2D eigenvalue weighted by molar-refractivity contribution is 5.80. The number of imidazole rings is 1. The summed E-state index contributed by atoms with van der Waals surface area (Å²) >= 11 is 0. The summed E-state index contributed by atoms with van der Waals surface area (Å²) in [5.74, 6) is 2.23. The molecular weight excluding hydrogens is 664 g/mol. The maximum atomic E-state index is 14.1. The van der Waals surface area contributed by atoms with Crippen molar-refractivity contribution >= 4 is 28.3 Å². The molecule has 5 heteroatoms. The van der Waals surface area contributed by atoms with E-state index >= 15 is 0 Å². The second kappa shape index (κ2) is 18.4. The van der Waals surface area contributed by atoms with Gasteiger partial charge < -0.3 is 10.2 Å². The van der Waals surface area contributed by atoms with Crippen LogP contribution in [0.25, 0.3) is 22.6 Å². The van der Waals surface area contributed by atoms with Crippen LogP contribution in [0.15, 0.2) is 152 Å². The number of benzene rings is 5. The molecule has 1 aromatic heterocycles. The van der Waals surface area contributed by atoms with Gasteiger partial charge in [-0.15, -0.1) is 0 Å². The zero-order chi connectivity index (χ0) is 38.8. The zero-order valence-electron chi connectivity index (χ0n) is 33.2. The Morgan fingerprint density at radius 2 is 1.33 bits per heavy atom. The van der Waals surface area contributed by atoms with Gasteiger partial charge >= 0.3 is 0 Å². The number of aryl methyl sites for hydroxylation is 1. The van der Waals surface area contributed by atoms with Crippen LogP contribution in [-0.2, 0) is 7.05 Å². The van der Waals surface area contributed by atoms with E-state index in [0.29, 0.717) is 23.4 Å². The summed E-state index contributed by atoms with van der Waals surface area (Å²) in [5.41, 5.74) is 11.2. The van der Waals surface area contributed by atoms with Crippen LogP contribution in [0.4, 0.5) is 27.1 Å². The first-order chi connectivity index (χ1) is 26.0. The normalized spacial score (nSPS) is 11.4. The first-order valence-electron chi connectivity index (χ1n) is 19.1. The van der Waals surface area contributed by atoms with Gasteiger partial charge in [-0.3, -0.25) is 0 Å². The molecule has 0 saturated heterocycles. The summed E-state index contributed by atoms with van der Waals surface area (Å²) in [7, 11) is 2.12. The molecule has 278 valence electrons. The van der Waals surface area contributed by atoms with Crippen LogP contribution < -0.4 is 14.8 Å². The van der Waals surface area contributed by atoms with Crippen LogP contribution >= 0.6 is 0 Å². The van der Waals surface area contributed by atoms with Crippen LogP contribution in [0.2, 0.25) is 0 Å². The molecule has 54 heavy (non-hydrogen) atoms. The monoisotopic (exact) mass is 719 g/mol. The lowest BCUT2D eigenvalue weighted by Crippen LogP contribution is -2.29. The van der Waals surface area contributed by atoms with Crippen molar-refractivity contribution in [2.75, 3.05) is 16.8 Å². The number of nitrogens with one attached hydrogen (secondary N) is 1. The predicted molar refractivity (Wildman–Crippen MR) is 229 cm³/mol. The Morgan fingerprint density at radius 1 is 0.778 bits per heavy atom. The maximum absolute atomic E-state index is 14.1. The lowest BCUT2D eigenvalue weighted by atomic mass is 9.88. The van der Waals surface area contributed by atoms with Crippen molar-refractivity contribution in [3.63, 3.8) is 0 Å². The summed E-state index contributed by atoms with van der Waals surface area (Å²) in [6.07, 6.45) is 8.43. The summed E-state index contributed by atoms with van der Waals surface area (Å²) < 4.78 is 18.6. The minimum Gasteiger partial charge on any atom is -0.351 e. The fourth-order valence-corrected chi connectivity index (χ4v) is 6.83. The molecule has 0 saturated carbocycles. The Morgan fingerprint density at radius 3 is 1.89 bits per heavy atom. The number of aromatic nitrogens is 2. The first kappa shape index (κ1) is 39.5. The van der Waals surface area contributed by atoms with Gasteiger partial charge in [-0.05, 0) is 96.5 Å². The highest BCUT2D eigenvalue weighted by Gasteiger charge is 2.27. The molecule has 6 aromatic rings. The zero-order valence-corrected chi connectivity index (χ0v) is 33.2. The van der Waals surface area contributed by atoms with Crippen molar-refractivity contribution in [3.8, 4) is 17.1 Å². The molecule has 0 aliphatic carbocycles. The van der Waals surface area contributed by atoms with Crippen LogP contribution in [0.3, 0.4) is 0 Å². The summed E-state index contributed by atoms with van der Waals surface area (Å²) in [6.45, 7) is 20.5. The number of allylic oxidation sites excluding steroid dienone is 3. The smallest absolute Gasteiger partial charge is 0.293 e. The molecule has 0 fully saturated rings. The average molecular weight is 720 g/mol. The second-order valence-corrected chi connectivity index (χ2v) is 14.7. The molecule has 1 heterocycles. The van der Waals surface area contributed by atoms with E-state index in [2.05, 4.69) is 161 Å². The number of hydrogen-bond donors (Lipinski definition) is 1. The first-order valence-corrected chi connectivity index (χ1v) is 19.1. The van der Waals surface area contributed by atoms with Crippen molar-refractivity contribution < 1.29 is 8.96 Å². The van der Waals surface area contributed by atoms with Crippen molar-refractivity contribution in [3.05, 3.63) is 175 Å². The number of para-hydroxylation sites is 4. The number of halogens is 1. The van der Waals surface area contributed by atoms with Gasteiger partial charge in [0.05, 0.1) is 29.7 Å². The molecule has 0 atom stereocenters. The van der Waals surface area contributed by atoms with Gasteiger partial charge in [-0.2, -0.15) is 4.57 Å². The lowest BCUT2D eigenvalue weighted by molar-refractivity contribution is -0.659. The van der Waals surface area contributed by atoms with E-state index < -0.39 is 0 Å². The van der Waals surface area contributed by atoms with Crippen molar-refractivity contribution in [2.24, 2.45) is 13.0 Å². The van der Waals surface area contributed by atoms with E-state index in [0.717, 1.165) is 23.6 Å².